The third-order valence-corrected chi connectivity index (χ3v) is 10.1. The topological polar surface area (TPSA) is 18.5 Å². The zero-order valence-corrected chi connectivity index (χ0v) is 35.6. The van der Waals surface area contributed by atoms with Gasteiger partial charge in [0.25, 0.3) is 0 Å². The Morgan fingerprint density at radius 2 is 1.50 bits per heavy atom. The second kappa shape index (κ2) is 18.8. The number of ether oxygens (including phenoxy) is 2. The predicted molar refractivity (Wildman–Crippen MR) is 175 cm³/mol. The molecule has 2 heterocycles. The van der Waals surface area contributed by atoms with Crippen molar-refractivity contribution in [1.82, 2.24) is 0 Å². The van der Waals surface area contributed by atoms with Crippen LogP contribution in [-0.2, 0) is 74.9 Å². The Labute approximate surface area is 313 Å². The largest absolute Gasteiger partial charge is 0.381 e. The molecule has 0 aliphatic carbocycles. The molecule has 2 radical (unpaired) electrons. The fraction of sp³-hybridized carbons (Fsp3) is 0.912. The molecule has 8 unspecified atom stereocenters. The van der Waals surface area contributed by atoms with Crippen molar-refractivity contribution < 1.29 is 74.9 Å². The number of hydrogen-bond acceptors (Lipinski definition) is 4. The first kappa shape index (κ1) is 45.0. The van der Waals surface area contributed by atoms with Gasteiger partial charge in [0.05, 0.1) is 12.2 Å². The third kappa shape index (κ3) is 14.1. The van der Waals surface area contributed by atoms with Crippen molar-refractivity contribution in [3.05, 3.63) is 20.8 Å². The van der Waals surface area contributed by atoms with Gasteiger partial charge in [0.2, 0.25) is 0 Å². The van der Waals surface area contributed by atoms with E-state index in [0.29, 0.717) is 29.6 Å². The molecule has 2 aliphatic heterocycles. The summed E-state index contributed by atoms with van der Waals surface area (Å²) in [6.45, 7) is 37.8. The standard InChI is InChI=1S/C17H32OS.C17H33OS.2Y/c1-13(2)10-16(7,19)17(12-15(4,5)6)11-14(3)8-9-18-17;1-7-14(4)9-16(6,19)17(8-13(2)3)10-15(5)11-18-12-17;;/h13-14,19H,1,4,8-12H2,2-3,5-7H3;13-15,19H,1,7-12H2,2-6H3;;/q-2;-1;;. The summed E-state index contributed by atoms with van der Waals surface area (Å²) < 4.78 is 12.1. The molecule has 0 spiro atoms. The van der Waals surface area contributed by atoms with Crippen molar-refractivity contribution in [2.45, 2.75) is 136 Å². The monoisotopic (exact) mass is 747 g/mol. The summed E-state index contributed by atoms with van der Waals surface area (Å²) >= 11 is 10.1. The summed E-state index contributed by atoms with van der Waals surface area (Å²) in [4.78, 5) is 0. The maximum atomic E-state index is 6.33. The van der Waals surface area contributed by atoms with Gasteiger partial charge in [-0.05, 0) is 63.2 Å². The molecule has 2 fully saturated rings. The van der Waals surface area contributed by atoms with Gasteiger partial charge in [-0.3, -0.25) is 0 Å². The molecular weight excluding hydrogens is 682 g/mol. The van der Waals surface area contributed by atoms with Gasteiger partial charge in [0.1, 0.15) is 0 Å². The second-order valence-electron chi connectivity index (χ2n) is 15.4. The van der Waals surface area contributed by atoms with E-state index >= 15 is 0 Å². The molecule has 2 nitrogen and oxygen atoms in total. The smallest absolute Gasteiger partial charge is 0.0805 e. The van der Waals surface area contributed by atoms with Crippen LogP contribution in [0.3, 0.4) is 0 Å². The molecule has 2 saturated heterocycles. The minimum atomic E-state index is -0.176. The number of rotatable bonds is 11. The fourth-order valence-corrected chi connectivity index (χ4v) is 8.37. The molecule has 0 N–H and O–H groups in total. The van der Waals surface area contributed by atoms with E-state index in [9.17, 15) is 0 Å². The Bertz CT molecular complexity index is 686. The Balaban J connectivity index is 0. The van der Waals surface area contributed by atoms with E-state index < -0.39 is 0 Å². The minimum absolute atomic E-state index is 0. The molecule has 0 aromatic carbocycles. The Morgan fingerprint density at radius 1 is 0.925 bits per heavy atom. The van der Waals surface area contributed by atoms with Crippen LogP contribution in [-0.4, -0.2) is 34.9 Å². The summed E-state index contributed by atoms with van der Waals surface area (Å²) in [5.74, 6) is 3.05. The average Bonchev–Trinajstić information content (AvgIpc) is 2.71. The van der Waals surface area contributed by atoms with Crippen molar-refractivity contribution in [2.75, 3.05) is 19.8 Å². The van der Waals surface area contributed by atoms with Crippen molar-refractivity contribution in [3.63, 3.8) is 0 Å². The van der Waals surface area contributed by atoms with Crippen LogP contribution in [0, 0.1) is 61.2 Å². The van der Waals surface area contributed by atoms with Crippen LogP contribution < -0.4 is 0 Å². The summed E-state index contributed by atoms with van der Waals surface area (Å²) in [6, 6.07) is 0. The fourth-order valence-electron chi connectivity index (χ4n) is 7.26. The molecule has 8 atom stereocenters. The van der Waals surface area contributed by atoms with Crippen LogP contribution in [0.4, 0.5) is 0 Å². The van der Waals surface area contributed by atoms with E-state index in [0.717, 1.165) is 58.3 Å². The quantitative estimate of drug-likeness (QED) is 0.162. The average molecular weight is 748 g/mol. The first-order chi connectivity index (χ1) is 17.2. The van der Waals surface area contributed by atoms with Crippen LogP contribution in [0.5, 0.6) is 0 Å². The molecule has 6 heteroatoms. The number of hydrogen-bond donors (Lipinski definition) is 2. The molecular formula is C34H65O2S2Y2-3. The van der Waals surface area contributed by atoms with Crippen LogP contribution in [0.1, 0.15) is 121 Å². The normalized spacial score (nSPS) is 31.8. The molecule has 2 rings (SSSR count). The minimum Gasteiger partial charge on any atom is -0.381 e. The SMILES string of the molecule is [CH2-]C(C)CC(C)(S)C1(CC([CH2-])(C)C)CC(C)CCO1.[CH2-]CC(C)CC(C)(S)C1(CC(C)C)COCC(C)C1.[Y].[Y]. The van der Waals surface area contributed by atoms with Gasteiger partial charge in [-0.15, -0.1) is 0 Å². The maximum Gasteiger partial charge on any atom is 0.0805 e. The molecule has 0 aromatic heterocycles. The van der Waals surface area contributed by atoms with E-state index in [1.54, 1.807) is 0 Å². The Kier molecular flexibility index (Phi) is 21.2. The Morgan fingerprint density at radius 3 is 1.93 bits per heavy atom. The van der Waals surface area contributed by atoms with Crippen molar-refractivity contribution in [3.8, 4) is 0 Å². The Hall–Kier alpha value is 2.83. The van der Waals surface area contributed by atoms with E-state index in [1.165, 1.54) is 12.8 Å². The summed E-state index contributed by atoms with van der Waals surface area (Å²) in [6.07, 6.45) is 8.74. The van der Waals surface area contributed by atoms with Crippen molar-refractivity contribution in [1.29, 1.82) is 0 Å². The summed E-state index contributed by atoms with van der Waals surface area (Å²) in [5, 5.41) is 0. The van der Waals surface area contributed by atoms with E-state index in [-0.39, 0.29) is 91.3 Å². The first-order valence-corrected chi connectivity index (χ1v) is 16.2. The molecule has 40 heavy (non-hydrogen) atoms. The van der Waals surface area contributed by atoms with Gasteiger partial charge in [-0.2, -0.15) is 43.0 Å². The van der Waals surface area contributed by atoms with Crippen LogP contribution in [0.2, 0.25) is 0 Å². The molecule has 234 valence electrons. The van der Waals surface area contributed by atoms with E-state index in [1.807, 2.05) is 0 Å². The predicted octanol–water partition coefficient (Wildman–Crippen LogP) is 9.98. The van der Waals surface area contributed by atoms with Crippen molar-refractivity contribution >= 4 is 25.3 Å². The third-order valence-electron chi connectivity index (χ3n) is 8.86. The van der Waals surface area contributed by atoms with Gasteiger partial charge in [-0.25, -0.2) is 0 Å². The van der Waals surface area contributed by atoms with E-state index in [4.69, 9.17) is 34.7 Å². The maximum absolute atomic E-state index is 6.33. The molecule has 0 bridgehead atoms. The molecule has 0 amide bonds. The zero-order valence-electron chi connectivity index (χ0n) is 28.2. The van der Waals surface area contributed by atoms with Gasteiger partial charge >= 0.3 is 0 Å². The zero-order chi connectivity index (χ0) is 29.6. The van der Waals surface area contributed by atoms with Crippen LogP contribution >= 0.6 is 25.3 Å². The summed E-state index contributed by atoms with van der Waals surface area (Å²) in [5.41, 5.74) is 0.0435. The first-order valence-electron chi connectivity index (χ1n) is 15.3. The molecule has 0 aromatic rings. The van der Waals surface area contributed by atoms with Gasteiger partial charge in [0, 0.05) is 93.5 Å². The van der Waals surface area contributed by atoms with Gasteiger partial charge in [0.15, 0.2) is 0 Å². The van der Waals surface area contributed by atoms with Gasteiger partial charge in [-0.1, -0.05) is 74.7 Å². The van der Waals surface area contributed by atoms with Crippen molar-refractivity contribution in [2.24, 2.45) is 40.4 Å². The molecule has 2 aliphatic rings. The second-order valence-corrected chi connectivity index (χ2v) is 17.4. The van der Waals surface area contributed by atoms with Gasteiger partial charge < -0.3 is 30.2 Å². The van der Waals surface area contributed by atoms with Crippen LogP contribution in [0.25, 0.3) is 0 Å². The molecule has 0 saturated carbocycles. The summed E-state index contributed by atoms with van der Waals surface area (Å²) in [7, 11) is 0. The van der Waals surface area contributed by atoms with Crippen LogP contribution in [0.15, 0.2) is 0 Å². The number of thiol groups is 2. The van der Waals surface area contributed by atoms with E-state index in [2.05, 4.69) is 90.0 Å².